The molecule has 2 aliphatic heterocycles. The number of ether oxygens (including phenoxy) is 1. The average molecular weight is 377 g/mol. The second-order valence-corrected chi connectivity index (χ2v) is 7.83. The molecule has 2 fully saturated rings. The molecule has 28 heavy (non-hydrogen) atoms. The minimum Gasteiger partial charge on any atom is -0.475 e. The largest absolute Gasteiger partial charge is 0.475 e. The highest BCUT2D eigenvalue weighted by Crippen LogP contribution is 2.41. The first-order chi connectivity index (χ1) is 13.7. The normalized spacial score (nSPS) is 25.1. The van der Waals surface area contributed by atoms with E-state index >= 15 is 0 Å². The van der Waals surface area contributed by atoms with Crippen molar-refractivity contribution in [3.8, 4) is 0 Å². The van der Waals surface area contributed by atoms with Crippen LogP contribution in [0, 0.1) is 5.92 Å². The van der Waals surface area contributed by atoms with Crippen LogP contribution in [0.3, 0.4) is 0 Å². The molecule has 0 aliphatic carbocycles. The number of fused-ring (bicyclic) bond motifs is 2. The number of likely N-dealkylation sites (tertiary alicyclic amines) is 1. The molecule has 5 nitrogen and oxygen atoms in total. The van der Waals surface area contributed by atoms with Crippen LogP contribution in [0.5, 0.6) is 0 Å². The van der Waals surface area contributed by atoms with Crippen LogP contribution in [-0.2, 0) is 11.3 Å². The van der Waals surface area contributed by atoms with Crippen molar-refractivity contribution in [1.29, 1.82) is 0 Å². The summed E-state index contributed by atoms with van der Waals surface area (Å²) in [5.41, 5.74) is 3.19. The van der Waals surface area contributed by atoms with Crippen molar-refractivity contribution < 1.29 is 19.1 Å². The molecule has 144 valence electrons. The second kappa shape index (κ2) is 7.08. The van der Waals surface area contributed by atoms with Crippen molar-refractivity contribution in [2.24, 2.45) is 5.92 Å². The number of carboxylic acids is 1. The van der Waals surface area contributed by atoms with Crippen molar-refractivity contribution in [1.82, 2.24) is 4.90 Å². The summed E-state index contributed by atoms with van der Waals surface area (Å²) < 4.78 is 11.2. The average Bonchev–Trinajstić information content (AvgIpc) is 3.31. The van der Waals surface area contributed by atoms with Crippen molar-refractivity contribution >= 4 is 16.9 Å². The molecule has 2 aromatic carbocycles. The third-order valence-corrected chi connectivity index (χ3v) is 6.18. The molecule has 3 atom stereocenters. The molecule has 3 unspecified atom stereocenters. The molecule has 0 saturated carbocycles. The Bertz CT molecular complexity index is 996. The van der Waals surface area contributed by atoms with Gasteiger partial charge in [0, 0.05) is 43.0 Å². The zero-order valence-electron chi connectivity index (χ0n) is 15.6. The molecule has 1 aromatic heterocycles. The summed E-state index contributed by atoms with van der Waals surface area (Å²) in [6.07, 6.45) is 1.06. The van der Waals surface area contributed by atoms with E-state index in [2.05, 4.69) is 41.3 Å². The zero-order chi connectivity index (χ0) is 19.1. The van der Waals surface area contributed by atoms with Crippen molar-refractivity contribution in [3.63, 3.8) is 0 Å². The minimum atomic E-state index is -1.03. The smallest absolute Gasteiger partial charge is 0.371 e. The number of aromatic carboxylic acids is 1. The Morgan fingerprint density at radius 1 is 1.14 bits per heavy atom. The van der Waals surface area contributed by atoms with Gasteiger partial charge in [0.05, 0.1) is 6.61 Å². The van der Waals surface area contributed by atoms with Crippen LogP contribution in [0.4, 0.5) is 0 Å². The number of hydrogen-bond acceptors (Lipinski definition) is 4. The molecule has 3 aromatic rings. The van der Waals surface area contributed by atoms with Gasteiger partial charge in [-0.05, 0) is 35.7 Å². The fourth-order valence-corrected chi connectivity index (χ4v) is 4.88. The Balaban J connectivity index is 1.41. The van der Waals surface area contributed by atoms with E-state index < -0.39 is 5.97 Å². The van der Waals surface area contributed by atoms with Gasteiger partial charge in [-0.2, -0.15) is 0 Å². The van der Waals surface area contributed by atoms with Gasteiger partial charge >= 0.3 is 5.97 Å². The molecule has 0 bridgehead atoms. The molecule has 2 aliphatic rings. The van der Waals surface area contributed by atoms with Crippen molar-refractivity contribution in [2.75, 3.05) is 19.8 Å². The Morgan fingerprint density at radius 3 is 2.82 bits per heavy atom. The number of benzene rings is 2. The maximum Gasteiger partial charge on any atom is 0.371 e. The monoisotopic (exact) mass is 377 g/mol. The van der Waals surface area contributed by atoms with Gasteiger partial charge < -0.3 is 14.3 Å². The van der Waals surface area contributed by atoms with E-state index in [1.54, 1.807) is 6.07 Å². The maximum atomic E-state index is 11.1. The highest BCUT2D eigenvalue weighted by Gasteiger charge is 2.43. The number of rotatable bonds is 4. The van der Waals surface area contributed by atoms with Gasteiger partial charge in [0.1, 0.15) is 5.58 Å². The van der Waals surface area contributed by atoms with Crippen LogP contribution in [0.15, 0.2) is 59.0 Å². The van der Waals surface area contributed by atoms with Crippen molar-refractivity contribution in [2.45, 2.75) is 24.9 Å². The summed E-state index contributed by atoms with van der Waals surface area (Å²) in [6.45, 7) is 3.52. The number of hydrogen-bond donors (Lipinski definition) is 1. The quantitative estimate of drug-likeness (QED) is 0.740. The molecule has 0 radical (unpaired) electrons. The summed E-state index contributed by atoms with van der Waals surface area (Å²) in [6, 6.07) is 18.9. The lowest BCUT2D eigenvalue weighted by Crippen LogP contribution is -2.38. The molecule has 5 heteroatoms. The van der Waals surface area contributed by atoms with Crippen LogP contribution in [-0.4, -0.2) is 41.8 Å². The van der Waals surface area contributed by atoms with Crippen LogP contribution in [0.2, 0.25) is 0 Å². The molecular weight excluding hydrogens is 354 g/mol. The Morgan fingerprint density at radius 2 is 2.00 bits per heavy atom. The maximum absolute atomic E-state index is 11.1. The molecule has 0 amide bonds. The first-order valence-corrected chi connectivity index (χ1v) is 9.81. The first kappa shape index (κ1) is 17.5. The van der Waals surface area contributed by atoms with Gasteiger partial charge in [-0.1, -0.05) is 36.4 Å². The molecule has 1 N–H and O–H groups in total. The number of carbonyl (C=O) groups is 1. The number of furan rings is 1. The van der Waals surface area contributed by atoms with Crippen LogP contribution < -0.4 is 0 Å². The lowest BCUT2D eigenvalue weighted by molar-refractivity contribution is 0.0178. The highest BCUT2D eigenvalue weighted by molar-refractivity contribution is 5.91. The third-order valence-electron chi connectivity index (χ3n) is 6.18. The Hall–Kier alpha value is -2.63. The van der Waals surface area contributed by atoms with Gasteiger partial charge in [-0.25, -0.2) is 4.79 Å². The standard InChI is InChI=1S/C23H23NO4/c25-23(26)22-11-17-10-15(6-7-21(17)28-22)12-24-13-18(16-4-2-1-3-5-16)19-14-27-9-8-20(19)24/h1-7,10-11,18-20H,8-9,12-14H2,(H,25,26). The SMILES string of the molecule is O=C(O)c1cc2cc(CN3CC(c4ccccc4)C4COCCC43)ccc2o1. The van der Waals surface area contributed by atoms with Gasteiger partial charge in [0.15, 0.2) is 0 Å². The van der Waals surface area contributed by atoms with E-state index in [9.17, 15) is 4.79 Å². The Kier molecular flexibility index (Phi) is 4.41. The molecule has 3 heterocycles. The Labute approximate surface area is 163 Å². The van der Waals surface area contributed by atoms with E-state index in [1.165, 1.54) is 11.1 Å². The van der Waals surface area contributed by atoms with Gasteiger partial charge in [-0.15, -0.1) is 0 Å². The lowest BCUT2D eigenvalue weighted by Gasteiger charge is -2.32. The summed E-state index contributed by atoms with van der Waals surface area (Å²) in [5, 5.41) is 9.98. The summed E-state index contributed by atoms with van der Waals surface area (Å²) in [7, 11) is 0. The topological polar surface area (TPSA) is 62.9 Å². The highest BCUT2D eigenvalue weighted by atomic mass is 16.5. The summed E-state index contributed by atoms with van der Waals surface area (Å²) >= 11 is 0. The molecule has 2 saturated heterocycles. The predicted octanol–water partition coefficient (Wildman–Crippen LogP) is 4.14. The third kappa shape index (κ3) is 3.11. The summed E-state index contributed by atoms with van der Waals surface area (Å²) in [4.78, 5) is 13.7. The zero-order valence-corrected chi connectivity index (χ0v) is 15.6. The fraction of sp³-hybridized carbons (Fsp3) is 0.348. The first-order valence-electron chi connectivity index (χ1n) is 9.81. The van der Waals surface area contributed by atoms with Crippen LogP contribution >= 0.6 is 0 Å². The number of carboxylic acid groups (broad SMARTS) is 1. The predicted molar refractivity (Wildman–Crippen MR) is 105 cm³/mol. The van der Waals surface area contributed by atoms with E-state index in [0.717, 1.165) is 38.1 Å². The molecule has 5 rings (SSSR count). The summed E-state index contributed by atoms with van der Waals surface area (Å²) in [5.74, 6) is -0.0369. The van der Waals surface area contributed by atoms with Crippen LogP contribution in [0.1, 0.15) is 34.0 Å². The van der Waals surface area contributed by atoms with Crippen LogP contribution in [0.25, 0.3) is 11.0 Å². The van der Waals surface area contributed by atoms with Gasteiger partial charge in [-0.3, -0.25) is 4.90 Å². The minimum absolute atomic E-state index is 0.0121. The molecular formula is C23H23NO4. The van der Waals surface area contributed by atoms with E-state index in [0.29, 0.717) is 23.5 Å². The van der Waals surface area contributed by atoms with E-state index in [4.69, 9.17) is 14.3 Å². The van der Waals surface area contributed by atoms with Gasteiger partial charge in [0.25, 0.3) is 0 Å². The van der Waals surface area contributed by atoms with Crippen molar-refractivity contribution in [3.05, 3.63) is 71.5 Å². The fourth-order valence-electron chi connectivity index (χ4n) is 4.88. The number of nitrogens with zero attached hydrogens (tertiary/aromatic N) is 1. The lowest BCUT2D eigenvalue weighted by atomic mass is 9.84. The molecule has 0 spiro atoms. The van der Waals surface area contributed by atoms with Gasteiger partial charge in [0.2, 0.25) is 5.76 Å². The van der Waals surface area contributed by atoms with E-state index in [1.807, 2.05) is 12.1 Å². The second-order valence-electron chi connectivity index (χ2n) is 7.83. The van der Waals surface area contributed by atoms with E-state index in [-0.39, 0.29) is 5.76 Å².